The third kappa shape index (κ3) is 1.77. The first-order chi connectivity index (χ1) is 5.11. The molecule has 0 spiro atoms. The first kappa shape index (κ1) is 8.20. The number of halogens is 3. The Bertz CT molecular complexity index is 310. The number of nitrogens with one attached hydrogen (secondary N) is 1. The van der Waals surface area contributed by atoms with Crippen molar-refractivity contribution in [1.29, 1.82) is 0 Å². The van der Waals surface area contributed by atoms with Gasteiger partial charge >= 0.3 is 0 Å². The molecule has 11 heavy (non-hydrogen) atoms. The lowest BCUT2D eigenvalue weighted by Gasteiger charge is -1.99. The summed E-state index contributed by atoms with van der Waals surface area (Å²) in [4.78, 5) is 12.6. The SMILES string of the molecule is O=c1cc(Cl)c(C(F)F)c[nH]1. The molecule has 60 valence electrons. The lowest BCUT2D eigenvalue weighted by Crippen LogP contribution is -2.04. The molecule has 0 saturated heterocycles. The quantitative estimate of drug-likeness (QED) is 0.703. The average Bonchev–Trinajstić information content (AvgIpc) is 1.85. The number of alkyl halides is 2. The minimum absolute atomic E-state index is 0.205. The summed E-state index contributed by atoms with van der Waals surface area (Å²) in [5.41, 5.74) is -0.842. The van der Waals surface area contributed by atoms with Gasteiger partial charge in [0.25, 0.3) is 6.43 Å². The van der Waals surface area contributed by atoms with Crippen molar-refractivity contribution in [3.8, 4) is 0 Å². The van der Waals surface area contributed by atoms with E-state index in [0.717, 1.165) is 12.3 Å². The van der Waals surface area contributed by atoms with Crippen LogP contribution in [0.2, 0.25) is 5.02 Å². The van der Waals surface area contributed by atoms with Crippen LogP contribution in [-0.4, -0.2) is 4.98 Å². The molecule has 0 aliphatic rings. The summed E-state index contributed by atoms with van der Waals surface area (Å²) in [7, 11) is 0. The summed E-state index contributed by atoms with van der Waals surface area (Å²) >= 11 is 5.32. The van der Waals surface area contributed by atoms with Crippen molar-refractivity contribution in [3.05, 3.63) is 33.2 Å². The maximum Gasteiger partial charge on any atom is 0.266 e. The monoisotopic (exact) mass is 179 g/mol. The van der Waals surface area contributed by atoms with Crippen LogP contribution in [0.4, 0.5) is 8.78 Å². The largest absolute Gasteiger partial charge is 0.329 e. The van der Waals surface area contributed by atoms with E-state index in [0.29, 0.717) is 0 Å². The Morgan fingerprint density at radius 2 is 2.18 bits per heavy atom. The fourth-order valence-corrected chi connectivity index (χ4v) is 0.861. The molecule has 0 bridgehead atoms. The molecule has 0 radical (unpaired) electrons. The molecule has 0 aliphatic heterocycles. The van der Waals surface area contributed by atoms with E-state index in [4.69, 9.17) is 11.6 Å². The Balaban J connectivity index is 3.20. The van der Waals surface area contributed by atoms with Gasteiger partial charge in [-0.15, -0.1) is 0 Å². The smallest absolute Gasteiger partial charge is 0.266 e. The Morgan fingerprint density at radius 3 is 2.64 bits per heavy atom. The Hall–Kier alpha value is -0.900. The lowest BCUT2D eigenvalue weighted by atomic mass is 10.3. The number of aromatic nitrogens is 1. The fraction of sp³-hybridized carbons (Fsp3) is 0.167. The zero-order valence-corrected chi connectivity index (χ0v) is 6.03. The number of aromatic amines is 1. The normalized spacial score (nSPS) is 10.5. The molecule has 0 atom stereocenters. The number of hydrogen-bond donors (Lipinski definition) is 1. The van der Waals surface area contributed by atoms with Crippen molar-refractivity contribution in [2.24, 2.45) is 0 Å². The molecule has 0 amide bonds. The van der Waals surface area contributed by atoms with Crippen molar-refractivity contribution in [2.45, 2.75) is 6.43 Å². The van der Waals surface area contributed by atoms with Crippen LogP contribution in [0.25, 0.3) is 0 Å². The van der Waals surface area contributed by atoms with Crippen molar-refractivity contribution in [1.82, 2.24) is 4.98 Å². The van der Waals surface area contributed by atoms with Crippen LogP contribution in [0.15, 0.2) is 17.1 Å². The molecule has 1 heterocycles. The highest BCUT2D eigenvalue weighted by Gasteiger charge is 2.11. The Morgan fingerprint density at radius 1 is 1.55 bits per heavy atom. The first-order valence-electron chi connectivity index (χ1n) is 2.77. The van der Waals surface area contributed by atoms with Crippen molar-refractivity contribution >= 4 is 11.6 Å². The van der Waals surface area contributed by atoms with Crippen molar-refractivity contribution < 1.29 is 8.78 Å². The van der Waals surface area contributed by atoms with E-state index < -0.39 is 12.0 Å². The second-order valence-electron chi connectivity index (χ2n) is 1.90. The van der Waals surface area contributed by atoms with Crippen molar-refractivity contribution in [2.75, 3.05) is 0 Å². The number of pyridine rings is 1. The van der Waals surface area contributed by atoms with E-state index in [-0.39, 0.29) is 10.6 Å². The highest BCUT2D eigenvalue weighted by molar-refractivity contribution is 6.31. The summed E-state index contributed by atoms with van der Waals surface area (Å²) in [6.45, 7) is 0. The van der Waals surface area contributed by atoms with Gasteiger partial charge in [0.15, 0.2) is 0 Å². The number of rotatable bonds is 1. The van der Waals surface area contributed by atoms with E-state index in [1.807, 2.05) is 0 Å². The van der Waals surface area contributed by atoms with Gasteiger partial charge in [-0.3, -0.25) is 4.79 Å². The first-order valence-corrected chi connectivity index (χ1v) is 3.15. The molecular weight excluding hydrogens is 176 g/mol. The predicted molar refractivity (Wildman–Crippen MR) is 37.0 cm³/mol. The van der Waals surface area contributed by atoms with E-state index >= 15 is 0 Å². The highest BCUT2D eigenvalue weighted by atomic mass is 35.5. The molecule has 0 aromatic carbocycles. The number of hydrogen-bond acceptors (Lipinski definition) is 1. The molecule has 0 saturated carbocycles. The predicted octanol–water partition coefficient (Wildman–Crippen LogP) is 1.97. The summed E-state index contributed by atoms with van der Waals surface area (Å²) in [5.74, 6) is 0. The van der Waals surface area contributed by atoms with Crippen LogP contribution in [0.3, 0.4) is 0 Å². The molecule has 0 fully saturated rings. The summed E-state index contributed by atoms with van der Waals surface area (Å²) < 4.78 is 23.9. The van der Waals surface area contributed by atoms with Gasteiger partial charge in [0, 0.05) is 12.3 Å². The molecule has 1 rings (SSSR count). The molecule has 5 heteroatoms. The van der Waals surface area contributed by atoms with Crippen LogP contribution in [-0.2, 0) is 0 Å². The van der Waals surface area contributed by atoms with E-state index in [9.17, 15) is 13.6 Å². The van der Waals surface area contributed by atoms with Gasteiger partial charge in [-0.05, 0) is 0 Å². The van der Waals surface area contributed by atoms with Gasteiger partial charge in [-0.2, -0.15) is 0 Å². The molecule has 1 N–H and O–H groups in total. The molecule has 1 aromatic heterocycles. The van der Waals surface area contributed by atoms with Crippen LogP contribution >= 0.6 is 11.6 Å². The lowest BCUT2D eigenvalue weighted by molar-refractivity contribution is 0.151. The topological polar surface area (TPSA) is 32.9 Å². The van der Waals surface area contributed by atoms with Crippen LogP contribution in [0.5, 0.6) is 0 Å². The Labute approximate surface area is 65.8 Å². The second kappa shape index (κ2) is 3.00. The number of H-pyrrole nitrogens is 1. The van der Waals surface area contributed by atoms with Crippen molar-refractivity contribution in [3.63, 3.8) is 0 Å². The van der Waals surface area contributed by atoms with Crippen LogP contribution in [0, 0.1) is 0 Å². The van der Waals surface area contributed by atoms with Gasteiger partial charge in [0.1, 0.15) is 0 Å². The molecule has 0 unspecified atom stereocenters. The Kier molecular flexibility index (Phi) is 2.24. The van der Waals surface area contributed by atoms with Gasteiger partial charge in [-0.25, -0.2) is 8.78 Å². The van der Waals surface area contributed by atoms with Crippen LogP contribution in [0.1, 0.15) is 12.0 Å². The van der Waals surface area contributed by atoms with E-state index in [1.165, 1.54) is 0 Å². The molecular formula is C6H4ClF2NO. The van der Waals surface area contributed by atoms with Gasteiger partial charge in [-0.1, -0.05) is 11.6 Å². The zero-order valence-electron chi connectivity index (χ0n) is 5.27. The average molecular weight is 180 g/mol. The molecule has 0 aliphatic carbocycles. The zero-order chi connectivity index (χ0) is 8.43. The standard InChI is InChI=1S/C6H4ClF2NO/c7-4-1-5(11)10-2-3(4)6(8)9/h1-2,6H,(H,10,11). The minimum atomic E-state index is -2.65. The third-order valence-corrected chi connectivity index (χ3v) is 1.47. The third-order valence-electron chi connectivity index (χ3n) is 1.14. The fourth-order valence-electron chi connectivity index (χ4n) is 0.625. The maximum atomic E-state index is 12.0. The van der Waals surface area contributed by atoms with Gasteiger partial charge in [0.2, 0.25) is 5.56 Å². The minimum Gasteiger partial charge on any atom is -0.329 e. The summed E-state index contributed by atoms with van der Waals surface area (Å²) in [6.07, 6.45) is -1.74. The molecule has 2 nitrogen and oxygen atoms in total. The van der Waals surface area contributed by atoms with Gasteiger partial charge in [0.05, 0.1) is 10.6 Å². The van der Waals surface area contributed by atoms with E-state index in [2.05, 4.69) is 4.98 Å². The maximum absolute atomic E-state index is 12.0. The molecule has 1 aromatic rings. The second-order valence-corrected chi connectivity index (χ2v) is 2.31. The van der Waals surface area contributed by atoms with E-state index in [1.54, 1.807) is 0 Å². The summed E-state index contributed by atoms with van der Waals surface area (Å²) in [5, 5.41) is -0.205. The van der Waals surface area contributed by atoms with Crippen LogP contribution < -0.4 is 5.56 Å². The van der Waals surface area contributed by atoms with Gasteiger partial charge < -0.3 is 4.98 Å². The highest BCUT2D eigenvalue weighted by Crippen LogP contribution is 2.23. The summed E-state index contributed by atoms with van der Waals surface area (Å²) in [6, 6.07) is 0.920.